The van der Waals surface area contributed by atoms with E-state index in [2.05, 4.69) is 0 Å². The van der Waals surface area contributed by atoms with Crippen LogP contribution in [0.2, 0.25) is 0 Å². The van der Waals surface area contributed by atoms with Crippen LogP contribution in [0.4, 0.5) is 0 Å². The average molecular weight is 231 g/mol. The van der Waals surface area contributed by atoms with Gasteiger partial charge in [-0.05, 0) is 27.2 Å². The lowest BCUT2D eigenvalue weighted by atomic mass is 10.1. The Balaban J connectivity index is 0. The highest BCUT2D eigenvalue weighted by molar-refractivity contribution is 5.99. The molecule has 0 amide bonds. The molecular weight excluding hydrogens is 210 g/mol. The lowest BCUT2D eigenvalue weighted by Crippen LogP contribution is -2.14. The van der Waals surface area contributed by atoms with Crippen LogP contribution in [0.25, 0.3) is 0 Å². The van der Waals surface area contributed by atoms with Crippen LogP contribution in [-0.2, 0) is 19.1 Å². The summed E-state index contributed by atoms with van der Waals surface area (Å²) in [7, 11) is 0. The van der Waals surface area contributed by atoms with E-state index in [1.54, 1.807) is 27.7 Å². The quantitative estimate of drug-likeness (QED) is 0.577. The van der Waals surface area contributed by atoms with Gasteiger partial charge in [-0.1, -0.05) is 6.92 Å². The van der Waals surface area contributed by atoms with E-state index in [9.17, 15) is 9.59 Å². The molecule has 0 aliphatic rings. The van der Waals surface area contributed by atoms with Gasteiger partial charge in [0.2, 0.25) is 0 Å². The van der Waals surface area contributed by atoms with Crippen LogP contribution >= 0.6 is 0 Å². The van der Waals surface area contributed by atoms with Gasteiger partial charge in [-0.25, -0.2) is 9.59 Å². The van der Waals surface area contributed by atoms with E-state index in [4.69, 9.17) is 9.47 Å². The fourth-order valence-electron chi connectivity index (χ4n) is 1.14. The minimum absolute atomic E-state index is 0. The van der Waals surface area contributed by atoms with Gasteiger partial charge in [0.25, 0.3) is 0 Å². The van der Waals surface area contributed by atoms with Crippen LogP contribution in [0.15, 0.2) is 11.1 Å². The molecule has 94 valence electrons. The summed E-state index contributed by atoms with van der Waals surface area (Å²) < 4.78 is 9.65. The first kappa shape index (κ1) is 17.0. The number of carbonyl (C=O) groups excluding carboxylic acids is 2. The molecule has 16 heavy (non-hydrogen) atoms. The summed E-state index contributed by atoms with van der Waals surface area (Å²) in [4.78, 5) is 22.8. The highest BCUT2D eigenvalue weighted by atomic mass is 16.5. The largest absolute Gasteiger partial charge is 0.463 e. The SMILES string of the molecule is CCOC(=O)/C(C)=C(/CC)C(=O)OCC.N. The van der Waals surface area contributed by atoms with Gasteiger partial charge in [0.15, 0.2) is 0 Å². The van der Waals surface area contributed by atoms with Crippen LogP contribution in [0.3, 0.4) is 0 Å². The third-order valence-electron chi connectivity index (χ3n) is 1.91. The van der Waals surface area contributed by atoms with Crippen LogP contribution in [0.1, 0.15) is 34.1 Å². The Morgan fingerprint density at radius 1 is 0.938 bits per heavy atom. The minimum Gasteiger partial charge on any atom is -0.463 e. The van der Waals surface area contributed by atoms with Crippen molar-refractivity contribution in [1.29, 1.82) is 0 Å². The van der Waals surface area contributed by atoms with Crippen molar-refractivity contribution in [2.24, 2.45) is 0 Å². The van der Waals surface area contributed by atoms with Gasteiger partial charge in [-0.2, -0.15) is 0 Å². The summed E-state index contributed by atoms with van der Waals surface area (Å²) in [6.07, 6.45) is 0.462. The van der Waals surface area contributed by atoms with Crippen molar-refractivity contribution in [2.45, 2.75) is 34.1 Å². The lowest BCUT2D eigenvalue weighted by molar-refractivity contribution is -0.141. The Morgan fingerprint density at radius 2 is 1.38 bits per heavy atom. The molecule has 5 heteroatoms. The lowest BCUT2D eigenvalue weighted by Gasteiger charge is -2.08. The molecule has 0 aromatic rings. The van der Waals surface area contributed by atoms with Crippen molar-refractivity contribution in [2.75, 3.05) is 13.2 Å². The van der Waals surface area contributed by atoms with Gasteiger partial charge >= 0.3 is 11.9 Å². The second-order valence-electron chi connectivity index (χ2n) is 2.90. The van der Waals surface area contributed by atoms with Crippen molar-refractivity contribution < 1.29 is 19.1 Å². The third kappa shape index (κ3) is 4.93. The fraction of sp³-hybridized carbons (Fsp3) is 0.636. The second-order valence-corrected chi connectivity index (χ2v) is 2.90. The molecule has 0 atom stereocenters. The molecule has 0 radical (unpaired) electrons. The first-order valence-electron chi connectivity index (χ1n) is 5.12. The maximum atomic E-state index is 11.4. The topological polar surface area (TPSA) is 87.6 Å². The molecule has 0 saturated heterocycles. The number of rotatable bonds is 5. The van der Waals surface area contributed by atoms with E-state index < -0.39 is 11.9 Å². The van der Waals surface area contributed by atoms with Gasteiger partial charge in [0.1, 0.15) is 0 Å². The molecule has 0 saturated carbocycles. The zero-order valence-electron chi connectivity index (χ0n) is 10.5. The molecule has 0 aromatic carbocycles. The maximum absolute atomic E-state index is 11.4. The van der Waals surface area contributed by atoms with Crippen LogP contribution < -0.4 is 6.15 Å². The van der Waals surface area contributed by atoms with E-state index in [0.29, 0.717) is 30.8 Å². The zero-order chi connectivity index (χ0) is 11.8. The van der Waals surface area contributed by atoms with Gasteiger partial charge in [-0.3, -0.25) is 0 Å². The molecule has 3 N–H and O–H groups in total. The van der Waals surface area contributed by atoms with Crippen molar-refractivity contribution in [1.82, 2.24) is 6.15 Å². The Morgan fingerprint density at radius 3 is 1.75 bits per heavy atom. The average Bonchev–Trinajstić information content (AvgIpc) is 2.19. The monoisotopic (exact) mass is 231 g/mol. The first-order valence-corrected chi connectivity index (χ1v) is 5.12. The van der Waals surface area contributed by atoms with Crippen molar-refractivity contribution >= 4 is 11.9 Å². The highest BCUT2D eigenvalue weighted by Crippen LogP contribution is 2.12. The maximum Gasteiger partial charge on any atom is 0.334 e. The summed E-state index contributed by atoms with van der Waals surface area (Å²) in [6, 6.07) is 0. The van der Waals surface area contributed by atoms with Crippen LogP contribution in [0, 0.1) is 0 Å². The Kier molecular flexibility index (Phi) is 9.49. The normalized spacial score (nSPS) is 11.0. The molecule has 0 unspecified atom stereocenters. The van der Waals surface area contributed by atoms with Crippen LogP contribution in [-0.4, -0.2) is 25.2 Å². The molecule has 0 fully saturated rings. The van der Waals surface area contributed by atoms with Crippen molar-refractivity contribution in [3.8, 4) is 0 Å². The molecule has 0 spiro atoms. The van der Waals surface area contributed by atoms with E-state index >= 15 is 0 Å². The summed E-state index contributed by atoms with van der Waals surface area (Å²) in [5, 5.41) is 0. The summed E-state index contributed by atoms with van der Waals surface area (Å²) in [5.74, 6) is -0.895. The predicted octanol–water partition coefficient (Wildman–Crippen LogP) is 2.00. The van der Waals surface area contributed by atoms with E-state index in [0.717, 1.165) is 0 Å². The molecule has 0 heterocycles. The van der Waals surface area contributed by atoms with Gasteiger partial charge in [0.05, 0.1) is 13.2 Å². The number of carbonyl (C=O) groups is 2. The minimum atomic E-state index is -0.456. The number of esters is 2. The second kappa shape index (κ2) is 8.91. The van der Waals surface area contributed by atoms with E-state index in [-0.39, 0.29) is 6.15 Å². The smallest absolute Gasteiger partial charge is 0.334 e. The molecule has 5 nitrogen and oxygen atoms in total. The zero-order valence-corrected chi connectivity index (χ0v) is 10.5. The van der Waals surface area contributed by atoms with E-state index in [1.165, 1.54) is 0 Å². The number of ether oxygens (including phenoxy) is 2. The molecule has 0 aliphatic carbocycles. The third-order valence-corrected chi connectivity index (χ3v) is 1.91. The Bertz CT molecular complexity index is 271. The van der Waals surface area contributed by atoms with Gasteiger partial charge in [-0.15, -0.1) is 0 Å². The van der Waals surface area contributed by atoms with Crippen molar-refractivity contribution in [3.63, 3.8) is 0 Å². The van der Waals surface area contributed by atoms with Crippen LogP contribution in [0.5, 0.6) is 0 Å². The number of hydrogen-bond acceptors (Lipinski definition) is 5. The summed E-state index contributed by atoms with van der Waals surface area (Å²) in [6.45, 7) is 7.43. The van der Waals surface area contributed by atoms with Crippen molar-refractivity contribution in [3.05, 3.63) is 11.1 Å². The predicted molar refractivity (Wildman–Crippen MR) is 61.3 cm³/mol. The molecule has 0 bridgehead atoms. The van der Waals surface area contributed by atoms with E-state index in [1.807, 2.05) is 0 Å². The van der Waals surface area contributed by atoms with Gasteiger partial charge in [0, 0.05) is 11.1 Å². The first-order chi connectivity index (χ1) is 7.08. The molecule has 0 aromatic heterocycles. The van der Waals surface area contributed by atoms with Gasteiger partial charge < -0.3 is 15.6 Å². The molecule has 0 aliphatic heterocycles. The Hall–Kier alpha value is -1.36. The number of hydrogen-bond donors (Lipinski definition) is 1. The standard InChI is InChI=1S/C11H18O4.H3N/c1-5-9(11(13)15-7-3)8(4)10(12)14-6-2;/h5-7H2,1-4H3;1H3/b9-8-;. The Labute approximate surface area is 96.4 Å². The summed E-state index contributed by atoms with van der Waals surface area (Å²) >= 11 is 0. The fourth-order valence-corrected chi connectivity index (χ4v) is 1.14. The molecule has 0 rings (SSSR count). The summed E-state index contributed by atoms with van der Waals surface area (Å²) in [5.41, 5.74) is 0.716. The highest BCUT2D eigenvalue weighted by Gasteiger charge is 2.17. The molecular formula is C11H21NO4.